The number of nitrogens with two attached hydrogens (primary N) is 1. The van der Waals surface area contributed by atoms with Gasteiger partial charge in [-0.25, -0.2) is 0 Å². The third-order valence-electron chi connectivity index (χ3n) is 4.84. The van der Waals surface area contributed by atoms with Crippen LogP contribution in [0.4, 0.5) is 0 Å². The molecule has 25 heavy (non-hydrogen) atoms. The van der Waals surface area contributed by atoms with Crippen LogP contribution in [-0.4, -0.2) is 29.4 Å². The summed E-state index contributed by atoms with van der Waals surface area (Å²) in [5.74, 6) is -0.0673. The molecule has 5 heteroatoms. The van der Waals surface area contributed by atoms with Crippen molar-refractivity contribution in [3.05, 3.63) is 35.4 Å². The van der Waals surface area contributed by atoms with Crippen LogP contribution in [0.2, 0.25) is 0 Å². The lowest BCUT2D eigenvalue weighted by molar-refractivity contribution is -0.126. The van der Waals surface area contributed by atoms with Crippen molar-refractivity contribution in [1.29, 1.82) is 0 Å². The lowest BCUT2D eigenvalue weighted by Gasteiger charge is -2.23. The number of benzene rings is 1. The highest BCUT2D eigenvalue weighted by Gasteiger charge is 2.26. The molecule has 2 rings (SSSR count). The maximum atomic E-state index is 12.2. The van der Waals surface area contributed by atoms with Gasteiger partial charge in [0.25, 0.3) is 0 Å². The quantitative estimate of drug-likeness (QED) is 0.773. The Morgan fingerprint density at radius 1 is 1.20 bits per heavy atom. The first-order valence-electron chi connectivity index (χ1n) is 9.38. The van der Waals surface area contributed by atoms with Crippen LogP contribution in [0.25, 0.3) is 0 Å². The second-order valence-corrected chi connectivity index (χ2v) is 7.36. The zero-order valence-corrected chi connectivity index (χ0v) is 16.5. The Labute approximate surface area is 158 Å². The summed E-state index contributed by atoms with van der Waals surface area (Å²) >= 11 is 0. The molecule has 1 atom stereocenters. The van der Waals surface area contributed by atoms with Gasteiger partial charge in [-0.2, -0.15) is 0 Å². The topological polar surface area (TPSA) is 58.4 Å². The third kappa shape index (κ3) is 7.35. The second-order valence-electron chi connectivity index (χ2n) is 7.36. The molecule has 1 saturated heterocycles. The first-order chi connectivity index (χ1) is 11.5. The lowest BCUT2D eigenvalue weighted by Crippen LogP contribution is -2.51. The molecule has 142 valence electrons. The van der Waals surface area contributed by atoms with Crippen LogP contribution < -0.4 is 11.1 Å². The molecule has 1 aromatic rings. The number of hydrogen-bond acceptors (Lipinski definition) is 3. The third-order valence-corrected chi connectivity index (χ3v) is 4.84. The van der Waals surface area contributed by atoms with Crippen LogP contribution in [0, 0.1) is 0 Å². The number of rotatable bonds is 7. The number of amides is 1. The highest BCUT2D eigenvalue weighted by Crippen LogP contribution is 2.15. The normalized spacial score (nSPS) is 17.9. The highest BCUT2D eigenvalue weighted by molar-refractivity contribution is 5.85. The van der Waals surface area contributed by atoms with Crippen LogP contribution in [0.5, 0.6) is 0 Å². The van der Waals surface area contributed by atoms with Crippen molar-refractivity contribution in [2.24, 2.45) is 5.73 Å². The van der Waals surface area contributed by atoms with Crippen molar-refractivity contribution in [2.75, 3.05) is 13.1 Å². The first kappa shape index (κ1) is 21.9. The number of carbonyl (C=O) groups excluding carboxylic acids is 1. The molecular formula is C20H34ClN3O. The largest absolute Gasteiger partial charge is 0.350 e. The molecule has 1 unspecified atom stereocenters. The van der Waals surface area contributed by atoms with Gasteiger partial charge in [0, 0.05) is 13.1 Å². The molecule has 0 saturated carbocycles. The molecule has 0 aliphatic carbocycles. The van der Waals surface area contributed by atoms with Crippen LogP contribution in [-0.2, 0) is 17.9 Å². The van der Waals surface area contributed by atoms with E-state index in [4.69, 9.17) is 5.73 Å². The Hall–Kier alpha value is -1.10. The molecule has 1 fully saturated rings. The Kier molecular flexibility index (Phi) is 9.47. The van der Waals surface area contributed by atoms with Crippen molar-refractivity contribution in [1.82, 2.24) is 10.2 Å². The zero-order chi connectivity index (χ0) is 17.4. The van der Waals surface area contributed by atoms with Gasteiger partial charge in [0.2, 0.25) is 5.91 Å². The van der Waals surface area contributed by atoms with Gasteiger partial charge in [-0.15, -0.1) is 12.4 Å². The van der Waals surface area contributed by atoms with Crippen molar-refractivity contribution >= 4 is 18.3 Å². The molecule has 1 heterocycles. The minimum Gasteiger partial charge on any atom is -0.350 e. The van der Waals surface area contributed by atoms with E-state index in [1.807, 2.05) is 13.8 Å². The van der Waals surface area contributed by atoms with E-state index in [1.165, 1.54) is 44.3 Å². The van der Waals surface area contributed by atoms with Gasteiger partial charge in [0.05, 0.1) is 5.54 Å². The van der Waals surface area contributed by atoms with Crippen molar-refractivity contribution in [2.45, 2.75) is 71.0 Å². The number of carbonyl (C=O) groups is 1. The summed E-state index contributed by atoms with van der Waals surface area (Å²) in [6, 6.07) is 8.54. The van der Waals surface area contributed by atoms with Crippen LogP contribution in [0.3, 0.4) is 0 Å². The van der Waals surface area contributed by atoms with E-state index in [2.05, 4.69) is 34.5 Å². The fourth-order valence-corrected chi connectivity index (χ4v) is 3.41. The SMILES string of the molecule is CCCC(C)(N)C(=O)NCc1cccc(CN2CCCCCC2)c1.Cl. The molecule has 1 aromatic carbocycles. The summed E-state index contributed by atoms with van der Waals surface area (Å²) in [7, 11) is 0. The fourth-order valence-electron chi connectivity index (χ4n) is 3.41. The summed E-state index contributed by atoms with van der Waals surface area (Å²) in [6.07, 6.45) is 6.94. The lowest BCUT2D eigenvalue weighted by atomic mass is 9.96. The van der Waals surface area contributed by atoms with Crippen LogP contribution in [0.1, 0.15) is 63.5 Å². The van der Waals surface area contributed by atoms with Gasteiger partial charge in [0.1, 0.15) is 0 Å². The predicted octanol–water partition coefficient (Wildman–Crippen LogP) is 3.62. The number of likely N-dealkylation sites (tertiary alicyclic amines) is 1. The molecule has 4 nitrogen and oxygen atoms in total. The van der Waals surface area contributed by atoms with Crippen molar-refractivity contribution < 1.29 is 4.79 Å². The average molecular weight is 368 g/mol. The molecule has 1 amide bonds. The average Bonchev–Trinajstić information content (AvgIpc) is 2.81. The van der Waals surface area contributed by atoms with E-state index in [0.29, 0.717) is 13.0 Å². The predicted molar refractivity (Wildman–Crippen MR) is 107 cm³/mol. The van der Waals surface area contributed by atoms with Gasteiger partial charge in [0.15, 0.2) is 0 Å². The van der Waals surface area contributed by atoms with Gasteiger partial charge >= 0.3 is 0 Å². The molecule has 1 aliphatic heterocycles. The van der Waals surface area contributed by atoms with Gasteiger partial charge in [-0.1, -0.05) is 50.5 Å². The minimum atomic E-state index is -0.779. The van der Waals surface area contributed by atoms with Crippen LogP contribution in [0.15, 0.2) is 24.3 Å². The Bertz CT molecular complexity index is 525. The monoisotopic (exact) mass is 367 g/mol. The second kappa shape index (κ2) is 10.8. The Morgan fingerprint density at radius 3 is 2.48 bits per heavy atom. The molecule has 0 spiro atoms. The summed E-state index contributed by atoms with van der Waals surface area (Å²) in [4.78, 5) is 14.8. The van der Waals surface area contributed by atoms with Crippen LogP contribution >= 0.6 is 12.4 Å². The maximum Gasteiger partial charge on any atom is 0.240 e. The number of nitrogens with one attached hydrogen (secondary N) is 1. The Morgan fingerprint density at radius 2 is 1.84 bits per heavy atom. The van der Waals surface area contributed by atoms with E-state index < -0.39 is 5.54 Å². The summed E-state index contributed by atoms with van der Waals surface area (Å²) < 4.78 is 0. The van der Waals surface area contributed by atoms with E-state index in [9.17, 15) is 4.79 Å². The molecule has 0 bridgehead atoms. The summed E-state index contributed by atoms with van der Waals surface area (Å²) in [5.41, 5.74) is 7.77. The molecule has 1 aliphatic rings. The number of hydrogen-bond donors (Lipinski definition) is 2. The number of nitrogens with zero attached hydrogens (tertiary/aromatic N) is 1. The van der Waals surface area contributed by atoms with Gasteiger partial charge in [-0.05, 0) is 50.4 Å². The highest BCUT2D eigenvalue weighted by atomic mass is 35.5. The standard InChI is InChI=1S/C20H33N3O.ClH/c1-3-11-20(2,21)19(24)22-15-17-9-8-10-18(14-17)16-23-12-6-4-5-7-13-23;/h8-10,14H,3-7,11-13,15-16,21H2,1-2H3,(H,22,24);1H. The maximum absolute atomic E-state index is 12.2. The van der Waals surface area contributed by atoms with Gasteiger partial charge in [-0.3, -0.25) is 9.69 Å². The van der Waals surface area contributed by atoms with E-state index in [-0.39, 0.29) is 18.3 Å². The molecule has 3 N–H and O–H groups in total. The molecule has 0 aromatic heterocycles. The van der Waals surface area contributed by atoms with E-state index in [0.717, 1.165) is 18.5 Å². The smallest absolute Gasteiger partial charge is 0.240 e. The van der Waals surface area contributed by atoms with E-state index >= 15 is 0 Å². The number of halogens is 1. The minimum absolute atomic E-state index is 0. The fraction of sp³-hybridized carbons (Fsp3) is 0.650. The first-order valence-corrected chi connectivity index (χ1v) is 9.38. The molecule has 0 radical (unpaired) electrons. The molecular weight excluding hydrogens is 334 g/mol. The summed E-state index contributed by atoms with van der Waals surface area (Å²) in [5, 5.41) is 2.99. The Balaban J connectivity index is 0.00000312. The van der Waals surface area contributed by atoms with E-state index in [1.54, 1.807) is 0 Å². The van der Waals surface area contributed by atoms with Crippen molar-refractivity contribution in [3.8, 4) is 0 Å². The van der Waals surface area contributed by atoms with Gasteiger partial charge < -0.3 is 11.1 Å². The summed E-state index contributed by atoms with van der Waals surface area (Å²) in [6.45, 7) is 7.80. The zero-order valence-electron chi connectivity index (χ0n) is 15.7. The van der Waals surface area contributed by atoms with Crippen molar-refractivity contribution in [3.63, 3.8) is 0 Å².